The van der Waals surface area contributed by atoms with Crippen LogP contribution in [0.5, 0.6) is 0 Å². The number of rotatable bonds is 1. The first-order valence-electron chi connectivity index (χ1n) is 7.78. The van der Waals surface area contributed by atoms with Gasteiger partial charge in [0.1, 0.15) is 6.17 Å². The van der Waals surface area contributed by atoms with Crippen LogP contribution in [0.3, 0.4) is 0 Å². The Balaban J connectivity index is 1.62. The van der Waals surface area contributed by atoms with Crippen molar-refractivity contribution in [3.63, 3.8) is 0 Å². The van der Waals surface area contributed by atoms with Crippen molar-refractivity contribution in [2.45, 2.75) is 18.6 Å². The lowest BCUT2D eigenvalue weighted by molar-refractivity contribution is 0.459. The maximum atomic E-state index is 3.76. The van der Waals surface area contributed by atoms with Gasteiger partial charge in [-0.15, -0.1) is 0 Å². The van der Waals surface area contributed by atoms with Crippen LogP contribution in [0.4, 0.5) is 5.69 Å². The third kappa shape index (κ3) is 1.66. The molecule has 0 saturated heterocycles. The molecule has 2 aliphatic rings. The number of aromatic amines is 1. The SMILES string of the molecule is C1=Cc2cccc3c2C(C1)NC(c1c[nH]c2ccccc12)N3. The van der Waals surface area contributed by atoms with Gasteiger partial charge in [-0.05, 0) is 29.7 Å². The molecule has 3 N–H and O–H groups in total. The van der Waals surface area contributed by atoms with E-state index >= 15 is 0 Å². The first-order valence-corrected chi connectivity index (χ1v) is 7.78. The number of nitrogens with one attached hydrogen (secondary N) is 3. The van der Waals surface area contributed by atoms with Gasteiger partial charge in [-0.25, -0.2) is 0 Å². The number of H-pyrrole nitrogens is 1. The Labute approximate surface area is 129 Å². The second-order valence-corrected chi connectivity index (χ2v) is 6.03. The third-order valence-electron chi connectivity index (χ3n) is 4.76. The number of aromatic nitrogens is 1. The van der Waals surface area contributed by atoms with Gasteiger partial charge in [0.2, 0.25) is 0 Å². The molecule has 1 aliphatic carbocycles. The quantitative estimate of drug-likeness (QED) is 0.623. The van der Waals surface area contributed by atoms with Crippen LogP contribution in [-0.2, 0) is 0 Å². The molecule has 0 bridgehead atoms. The highest BCUT2D eigenvalue weighted by molar-refractivity contribution is 5.84. The summed E-state index contributed by atoms with van der Waals surface area (Å²) in [7, 11) is 0. The molecule has 0 amide bonds. The summed E-state index contributed by atoms with van der Waals surface area (Å²) in [6.45, 7) is 0. The molecule has 3 nitrogen and oxygen atoms in total. The lowest BCUT2D eigenvalue weighted by Crippen LogP contribution is -2.37. The Bertz CT molecular complexity index is 891. The average Bonchev–Trinajstić information content (AvgIpc) is 2.99. The molecule has 108 valence electrons. The molecule has 3 aromatic rings. The second kappa shape index (κ2) is 4.49. The van der Waals surface area contributed by atoms with Gasteiger partial charge in [-0.2, -0.15) is 0 Å². The summed E-state index contributed by atoms with van der Waals surface area (Å²) in [6, 6.07) is 15.4. The molecule has 2 aromatic carbocycles. The molecule has 0 radical (unpaired) electrons. The van der Waals surface area contributed by atoms with Crippen molar-refractivity contribution in [3.8, 4) is 0 Å². The normalized spacial score (nSPS) is 22.4. The van der Waals surface area contributed by atoms with E-state index in [0.29, 0.717) is 6.04 Å². The van der Waals surface area contributed by atoms with Crippen LogP contribution in [0.1, 0.15) is 35.3 Å². The summed E-state index contributed by atoms with van der Waals surface area (Å²) in [5.74, 6) is 0. The summed E-state index contributed by atoms with van der Waals surface area (Å²) in [4.78, 5) is 3.37. The second-order valence-electron chi connectivity index (χ2n) is 6.03. The van der Waals surface area contributed by atoms with Crippen LogP contribution in [0.25, 0.3) is 17.0 Å². The molecule has 0 spiro atoms. The van der Waals surface area contributed by atoms with Crippen LogP contribution in [0.2, 0.25) is 0 Å². The molecule has 22 heavy (non-hydrogen) atoms. The maximum absolute atomic E-state index is 3.76. The fourth-order valence-electron chi connectivity index (χ4n) is 3.74. The molecular formula is C19H17N3. The summed E-state index contributed by atoms with van der Waals surface area (Å²) < 4.78 is 0. The van der Waals surface area contributed by atoms with Crippen LogP contribution in [-0.4, -0.2) is 4.98 Å². The van der Waals surface area contributed by atoms with Gasteiger partial charge in [0, 0.05) is 34.4 Å². The number of benzene rings is 2. The summed E-state index contributed by atoms with van der Waals surface area (Å²) in [5, 5.41) is 8.71. The van der Waals surface area contributed by atoms with E-state index in [0.717, 1.165) is 6.42 Å². The average molecular weight is 287 g/mol. The van der Waals surface area contributed by atoms with Gasteiger partial charge in [0.05, 0.1) is 0 Å². The number of anilines is 1. The Hall–Kier alpha value is -2.52. The monoisotopic (exact) mass is 287 g/mol. The zero-order valence-electron chi connectivity index (χ0n) is 12.1. The fraction of sp³-hybridized carbons (Fsp3) is 0.158. The maximum Gasteiger partial charge on any atom is 0.106 e. The minimum atomic E-state index is 0.135. The van der Waals surface area contributed by atoms with Crippen molar-refractivity contribution >= 4 is 22.7 Å². The van der Waals surface area contributed by atoms with E-state index in [4.69, 9.17) is 0 Å². The molecule has 0 saturated carbocycles. The van der Waals surface area contributed by atoms with E-state index in [1.165, 1.54) is 33.3 Å². The predicted octanol–water partition coefficient (Wildman–Crippen LogP) is 4.34. The largest absolute Gasteiger partial charge is 0.366 e. The van der Waals surface area contributed by atoms with Gasteiger partial charge in [-0.1, -0.05) is 42.5 Å². The number of hydrogen-bond acceptors (Lipinski definition) is 2. The van der Waals surface area contributed by atoms with E-state index in [1.54, 1.807) is 0 Å². The van der Waals surface area contributed by atoms with E-state index in [9.17, 15) is 0 Å². The Morgan fingerprint density at radius 3 is 2.95 bits per heavy atom. The summed E-state index contributed by atoms with van der Waals surface area (Å²) in [5.41, 5.74) is 6.44. The molecule has 1 aliphatic heterocycles. The highest BCUT2D eigenvalue weighted by atomic mass is 15.2. The summed E-state index contributed by atoms with van der Waals surface area (Å²) >= 11 is 0. The van der Waals surface area contributed by atoms with Crippen molar-refractivity contribution in [3.05, 3.63) is 71.4 Å². The number of para-hydroxylation sites is 1. The standard InChI is InChI=1S/C19H17N3/c1-2-8-15-13(7-1)14(11-20-15)19-21-16-9-3-5-12-6-4-10-17(22-19)18(12)16/h1-9,11,17,19-22H,10H2. The molecule has 2 heterocycles. The van der Waals surface area contributed by atoms with Crippen molar-refractivity contribution in [2.24, 2.45) is 0 Å². The van der Waals surface area contributed by atoms with E-state index in [1.807, 2.05) is 0 Å². The van der Waals surface area contributed by atoms with Crippen molar-refractivity contribution in [1.82, 2.24) is 10.3 Å². The molecule has 5 rings (SSSR count). The number of fused-ring (bicyclic) bond motifs is 1. The van der Waals surface area contributed by atoms with Crippen molar-refractivity contribution < 1.29 is 0 Å². The van der Waals surface area contributed by atoms with Gasteiger partial charge in [0.15, 0.2) is 0 Å². The Kier molecular flexibility index (Phi) is 2.46. The zero-order valence-corrected chi connectivity index (χ0v) is 12.1. The highest BCUT2D eigenvalue weighted by Crippen LogP contribution is 2.40. The van der Waals surface area contributed by atoms with Crippen LogP contribution >= 0.6 is 0 Å². The Morgan fingerprint density at radius 2 is 1.95 bits per heavy atom. The smallest absolute Gasteiger partial charge is 0.106 e. The van der Waals surface area contributed by atoms with E-state index in [-0.39, 0.29) is 6.17 Å². The molecule has 0 fully saturated rings. The Morgan fingerprint density at radius 1 is 1.00 bits per heavy atom. The minimum absolute atomic E-state index is 0.135. The topological polar surface area (TPSA) is 39.9 Å². The minimum Gasteiger partial charge on any atom is -0.366 e. The van der Waals surface area contributed by atoms with Gasteiger partial charge in [0.25, 0.3) is 0 Å². The van der Waals surface area contributed by atoms with E-state index < -0.39 is 0 Å². The van der Waals surface area contributed by atoms with Crippen LogP contribution in [0.15, 0.2) is 54.7 Å². The lowest BCUT2D eigenvalue weighted by Gasteiger charge is -2.36. The van der Waals surface area contributed by atoms with Crippen molar-refractivity contribution in [2.75, 3.05) is 5.32 Å². The molecule has 3 heteroatoms. The van der Waals surface area contributed by atoms with Crippen LogP contribution in [0, 0.1) is 0 Å². The molecule has 2 unspecified atom stereocenters. The number of hydrogen-bond donors (Lipinski definition) is 3. The highest BCUT2D eigenvalue weighted by Gasteiger charge is 2.30. The van der Waals surface area contributed by atoms with Crippen molar-refractivity contribution in [1.29, 1.82) is 0 Å². The fourth-order valence-corrected chi connectivity index (χ4v) is 3.74. The molecular weight excluding hydrogens is 270 g/mol. The van der Waals surface area contributed by atoms with Crippen LogP contribution < -0.4 is 10.6 Å². The molecule has 1 aromatic heterocycles. The predicted molar refractivity (Wildman–Crippen MR) is 90.6 cm³/mol. The lowest BCUT2D eigenvalue weighted by atomic mass is 9.88. The first kappa shape index (κ1) is 12.1. The summed E-state index contributed by atoms with van der Waals surface area (Å²) in [6.07, 6.45) is 7.79. The first-order chi connectivity index (χ1) is 10.9. The van der Waals surface area contributed by atoms with E-state index in [2.05, 4.69) is 76.4 Å². The van der Waals surface area contributed by atoms with Gasteiger partial charge < -0.3 is 10.3 Å². The third-order valence-corrected chi connectivity index (χ3v) is 4.76. The van der Waals surface area contributed by atoms with Gasteiger partial charge in [-0.3, -0.25) is 5.32 Å². The zero-order chi connectivity index (χ0) is 14.5. The van der Waals surface area contributed by atoms with Gasteiger partial charge >= 0.3 is 0 Å². The molecule has 2 atom stereocenters.